The largest absolute Gasteiger partial charge is 0.508 e. The average molecular weight is 260 g/mol. The van der Waals surface area contributed by atoms with E-state index in [2.05, 4.69) is 23.2 Å². The zero-order valence-electron chi connectivity index (χ0n) is 11.7. The molecular weight excluding hydrogens is 236 g/mol. The first-order valence-corrected chi connectivity index (χ1v) is 7.51. The van der Waals surface area contributed by atoms with E-state index in [4.69, 9.17) is 0 Å². The van der Waals surface area contributed by atoms with E-state index in [1.807, 2.05) is 12.1 Å². The summed E-state index contributed by atoms with van der Waals surface area (Å²) in [5.74, 6) is 0.358. The van der Waals surface area contributed by atoms with Gasteiger partial charge in [-0.3, -0.25) is 0 Å². The van der Waals surface area contributed by atoms with E-state index >= 15 is 0 Å². The van der Waals surface area contributed by atoms with Crippen LogP contribution >= 0.6 is 0 Å². The van der Waals surface area contributed by atoms with Crippen LogP contribution in [0.2, 0.25) is 0 Å². The number of fused-ring (bicyclic) bond motifs is 1. The lowest BCUT2D eigenvalue weighted by atomic mass is 9.96. The van der Waals surface area contributed by atoms with Gasteiger partial charge in [-0.15, -0.1) is 0 Å². The molecular formula is C16H24N2O. The van der Waals surface area contributed by atoms with Crippen LogP contribution in [0.15, 0.2) is 24.3 Å². The Morgan fingerprint density at radius 1 is 1.32 bits per heavy atom. The molecule has 1 aromatic rings. The minimum Gasteiger partial charge on any atom is -0.508 e. The summed E-state index contributed by atoms with van der Waals surface area (Å²) in [6.07, 6.45) is 5.28. The highest BCUT2D eigenvalue weighted by Crippen LogP contribution is 2.28. The first kappa shape index (κ1) is 12.9. The van der Waals surface area contributed by atoms with E-state index in [-0.39, 0.29) is 0 Å². The molecule has 0 aromatic heterocycles. The van der Waals surface area contributed by atoms with Gasteiger partial charge < -0.3 is 15.3 Å². The number of nitrogens with one attached hydrogen (secondary N) is 1. The van der Waals surface area contributed by atoms with Crippen LogP contribution in [0.3, 0.4) is 0 Å². The van der Waals surface area contributed by atoms with Crippen molar-refractivity contribution in [2.75, 3.05) is 13.1 Å². The zero-order valence-corrected chi connectivity index (χ0v) is 11.7. The Bertz CT molecular complexity index is 435. The van der Waals surface area contributed by atoms with Crippen LogP contribution in [0.1, 0.15) is 44.2 Å². The fourth-order valence-corrected chi connectivity index (χ4v) is 3.62. The van der Waals surface area contributed by atoms with Crippen molar-refractivity contribution in [1.82, 2.24) is 10.2 Å². The fraction of sp³-hybridized carbons (Fsp3) is 0.625. The van der Waals surface area contributed by atoms with Crippen molar-refractivity contribution in [3.8, 4) is 5.75 Å². The lowest BCUT2D eigenvalue weighted by Crippen LogP contribution is -2.46. The van der Waals surface area contributed by atoms with Gasteiger partial charge in [0.1, 0.15) is 5.75 Å². The maximum atomic E-state index is 9.56. The predicted molar refractivity (Wildman–Crippen MR) is 77.3 cm³/mol. The van der Waals surface area contributed by atoms with E-state index in [9.17, 15) is 5.11 Å². The molecule has 2 heterocycles. The third-order valence-corrected chi connectivity index (χ3v) is 4.68. The van der Waals surface area contributed by atoms with Crippen molar-refractivity contribution in [1.29, 1.82) is 0 Å². The summed E-state index contributed by atoms with van der Waals surface area (Å²) in [6.45, 7) is 4.74. The fourth-order valence-electron chi connectivity index (χ4n) is 3.62. The topological polar surface area (TPSA) is 35.5 Å². The van der Waals surface area contributed by atoms with Crippen LogP contribution < -0.4 is 5.32 Å². The number of benzene rings is 1. The third kappa shape index (κ3) is 2.93. The first-order valence-electron chi connectivity index (χ1n) is 7.51. The van der Waals surface area contributed by atoms with Gasteiger partial charge in [0.05, 0.1) is 0 Å². The molecule has 2 fully saturated rings. The molecule has 0 radical (unpaired) electrons. The maximum absolute atomic E-state index is 9.56. The maximum Gasteiger partial charge on any atom is 0.115 e. The Morgan fingerprint density at radius 2 is 2.21 bits per heavy atom. The van der Waals surface area contributed by atoms with Crippen LogP contribution in [-0.4, -0.2) is 35.2 Å². The number of rotatable bonds is 3. The standard InChI is InChI=1S/C16H24N2O/c1-12(13-4-2-6-16(19)10-13)17-14-7-9-18-8-3-5-15(18)11-14/h2,4,6,10,12,14-15,17,19H,3,5,7-9,11H2,1H3. The number of piperidine rings is 1. The Kier molecular flexibility index (Phi) is 3.76. The molecule has 1 aromatic carbocycles. The van der Waals surface area contributed by atoms with Crippen LogP contribution in [0.5, 0.6) is 5.75 Å². The SMILES string of the molecule is CC(NC1CCN2CCCC2C1)c1cccc(O)c1. The summed E-state index contributed by atoms with van der Waals surface area (Å²) in [7, 11) is 0. The van der Waals surface area contributed by atoms with Crippen LogP contribution in [-0.2, 0) is 0 Å². The normalized spacial score (nSPS) is 29.1. The molecule has 2 aliphatic heterocycles. The van der Waals surface area contributed by atoms with Crippen LogP contribution in [0.25, 0.3) is 0 Å². The van der Waals surface area contributed by atoms with Gasteiger partial charge in [-0.05, 0) is 63.4 Å². The van der Waals surface area contributed by atoms with Crippen molar-refractivity contribution >= 4 is 0 Å². The number of hydrogen-bond acceptors (Lipinski definition) is 3. The molecule has 0 bridgehead atoms. The molecule has 2 N–H and O–H groups in total. The Balaban J connectivity index is 1.59. The Labute approximate surface area is 115 Å². The second-order valence-electron chi connectivity index (χ2n) is 6.04. The quantitative estimate of drug-likeness (QED) is 0.877. The molecule has 19 heavy (non-hydrogen) atoms. The van der Waals surface area contributed by atoms with Crippen LogP contribution in [0, 0.1) is 0 Å². The molecule has 3 heteroatoms. The second kappa shape index (κ2) is 5.51. The number of phenols is 1. The number of nitrogens with zero attached hydrogens (tertiary/aromatic N) is 1. The third-order valence-electron chi connectivity index (χ3n) is 4.68. The summed E-state index contributed by atoms with van der Waals surface area (Å²) < 4.78 is 0. The van der Waals surface area contributed by atoms with Gasteiger partial charge in [-0.1, -0.05) is 12.1 Å². The highest BCUT2D eigenvalue weighted by Gasteiger charge is 2.31. The van der Waals surface area contributed by atoms with Crippen molar-refractivity contribution < 1.29 is 5.11 Å². The molecule has 0 spiro atoms. The summed E-state index contributed by atoms with van der Waals surface area (Å²) in [6, 6.07) is 9.34. The summed E-state index contributed by atoms with van der Waals surface area (Å²) in [5.41, 5.74) is 1.17. The molecule has 2 saturated heterocycles. The molecule has 3 unspecified atom stereocenters. The number of aromatic hydroxyl groups is 1. The van der Waals surface area contributed by atoms with Crippen molar-refractivity contribution in [2.24, 2.45) is 0 Å². The monoisotopic (exact) mass is 260 g/mol. The first-order chi connectivity index (χ1) is 9.22. The highest BCUT2D eigenvalue weighted by molar-refractivity contribution is 5.29. The molecule has 3 rings (SSSR count). The lowest BCUT2D eigenvalue weighted by Gasteiger charge is -2.36. The van der Waals surface area contributed by atoms with Crippen molar-refractivity contribution in [3.63, 3.8) is 0 Å². The number of hydrogen-bond donors (Lipinski definition) is 2. The zero-order chi connectivity index (χ0) is 13.2. The van der Waals surface area contributed by atoms with Crippen LogP contribution in [0.4, 0.5) is 0 Å². The van der Waals surface area contributed by atoms with E-state index in [1.165, 1.54) is 44.3 Å². The van der Waals surface area contributed by atoms with Gasteiger partial charge >= 0.3 is 0 Å². The summed E-state index contributed by atoms with van der Waals surface area (Å²) in [5, 5.41) is 13.3. The Hall–Kier alpha value is -1.06. The van der Waals surface area contributed by atoms with Crippen molar-refractivity contribution in [2.45, 2.75) is 50.7 Å². The molecule has 104 valence electrons. The van der Waals surface area contributed by atoms with Gasteiger partial charge in [0.15, 0.2) is 0 Å². The van der Waals surface area contributed by atoms with Gasteiger partial charge in [0.25, 0.3) is 0 Å². The van der Waals surface area contributed by atoms with E-state index in [0.717, 1.165) is 6.04 Å². The Morgan fingerprint density at radius 3 is 3.05 bits per heavy atom. The molecule has 0 amide bonds. The van der Waals surface area contributed by atoms with Gasteiger partial charge in [-0.2, -0.15) is 0 Å². The molecule has 0 aliphatic carbocycles. The van der Waals surface area contributed by atoms with Gasteiger partial charge in [-0.25, -0.2) is 0 Å². The predicted octanol–water partition coefficient (Wildman–Crippen LogP) is 2.67. The number of phenolic OH excluding ortho intramolecular Hbond substituents is 1. The minimum absolute atomic E-state index is 0.310. The molecule has 2 aliphatic rings. The van der Waals surface area contributed by atoms with E-state index < -0.39 is 0 Å². The molecule has 0 saturated carbocycles. The molecule has 3 nitrogen and oxygen atoms in total. The highest BCUT2D eigenvalue weighted by atomic mass is 16.3. The van der Waals surface area contributed by atoms with Crippen molar-refractivity contribution in [3.05, 3.63) is 29.8 Å². The van der Waals surface area contributed by atoms with E-state index in [0.29, 0.717) is 17.8 Å². The smallest absolute Gasteiger partial charge is 0.115 e. The average Bonchev–Trinajstić information content (AvgIpc) is 2.86. The molecule has 3 atom stereocenters. The van der Waals surface area contributed by atoms with Gasteiger partial charge in [0.2, 0.25) is 0 Å². The van der Waals surface area contributed by atoms with Gasteiger partial charge in [0, 0.05) is 18.1 Å². The summed E-state index contributed by atoms with van der Waals surface area (Å²) in [4.78, 5) is 2.65. The lowest BCUT2D eigenvalue weighted by molar-refractivity contribution is 0.162. The summed E-state index contributed by atoms with van der Waals surface area (Å²) >= 11 is 0. The van der Waals surface area contributed by atoms with E-state index in [1.54, 1.807) is 6.07 Å². The minimum atomic E-state index is 0.310. The second-order valence-corrected chi connectivity index (χ2v) is 6.04.